The summed E-state index contributed by atoms with van der Waals surface area (Å²) in [5.41, 5.74) is 1.49. The number of methoxy groups -OCH3 is 3. The van der Waals surface area contributed by atoms with E-state index < -0.39 is 17.6 Å². The van der Waals surface area contributed by atoms with Gasteiger partial charge in [0, 0.05) is 30.4 Å². The molecule has 31 heavy (non-hydrogen) atoms. The molecule has 1 saturated carbocycles. The van der Waals surface area contributed by atoms with Gasteiger partial charge in [0.1, 0.15) is 11.5 Å². The van der Waals surface area contributed by atoms with Crippen molar-refractivity contribution in [3.8, 4) is 34.5 Å². The smallest absolute Gasteiger partial charge is 0.231 e. The Kier molecular flexibility index (Phi) is 4.62. The number of rotatable bonds is 4. The van der Waals surface area contributed by atoms with Crippen molar-refractivity contribution in [2.24, 2.45) is 5.92 Å². The van der Waals surface area contributed by atoms with E-state index in [4.69, 9.17) is 28.4 Å². The van der Waals surface area contributed by atoms with Crippen LogP contribution < -0.4 is 28.4 Å². The topological polar surface area (TPSA) is 92.7 Å². The summed E-state index contributed by atoms with van der Waals surface area (Å²) in [6, 6.07) is 7.17. The molecule has 8 heteroatoms. The number of hydrogen-bond acceptors (Lipinski definition) is 8. The van der Waals surface area contributed by atoms with Gasteiger partial charge in [0.25, 0.3) is 0 Å². The molecule has 3 atom stereocenters. The van der Waals surface area contributed by atoms with Crippen molar-refractivity contribution in [3.05, 3.63) is 35.4 Å². The second kappa shape index (κ2) is 7.23. The van der Waals surface area contributed by atoms with Crippen LogP contribution in [0.4, 0.5) is 0 Å². The van der Waals surface area contributed by atoms with Gasteiger partial charge in [-0.3, -0.25) is 4.79 Å². The van der Waals surface area contributed by atoms with E-state index in [0.29, 0.717) is 53.8 Å². The third kappa shape index (κ3) is 2.96. The van der Waals surface area contributed by atoms with E-state index in [1.54, 1.807) is 20.3 Å². The van der Waals surface area contributed by atoms with Gasteiger partial charge in [-0.25, -0.2) is 0 Å². The van der Waals surface area contributed by atoms with Crippen molar-refractivity contribution < 1.29 is 38.3 Å². The number of carbonyl (C=O) groups excluding carboxylic acids is 1. The molecule has 0 unspecified atom stereocenters. The van der Waals surface area contributed by atoms with E-state index >= 15 is 0 Å². The van der Waals surface area contributed by atoms with Gasteiger partial charge in [-0.1, -0.05) is 0 Å². The van der Waals surface area contributed by atoms with Crippen molar-refractivity contribution in [1.29, 1.82) is 0 Å². The molecule has 1 aliphatic carbocycles. The molecule has 0 aromatic heterocycles. The minimum absolute atomic E-state index is 0.0455. The van der Waals surface area contributed by atoms with E-state index in [1.165, 1.54) is 7.11 Å². The first-order valence-corrected chi connectivity index (χ1v) is 10.2. The summed E-state index contributed by atoms with van der Waals surface area (Å²) in [6.07, 6.45) is 1.31. The molecule has 8 nitrogen and oxygen atoms in total. The molecule has 2 aromatic rings. The standard InChI is InChI=1S/C23H24O8/c1-26-18-7-12(8-19(27-2)22(18)28-3)20-13-9-16-17(30-11-29-16)10-15(13)31-23(25)6-4-5-14(24)21(20)23/h7-10,20-21,25H,4-6,11H2,1-3H3/t20-,21+,23-/m1/s1. The third-order valence-corrected chi connectivity index (χ3v) is 6.30. The second-order valence-electron chi connectivity index (χ2n) is 7.92. The maximum Gasteiger partial charge on any atom is 0.231 e. The lowest BCUT2D eigenvalue weighted by Crippen LogP contribution is -2.55. The predicted molar refractivity (Wildman–Crippen MR) is 108 cm³/mol. The largest absolute Gasteiger partial charge is 0.493 e. The Bertz CT molecular complexity index is 1020. The Morgan fingerprint density at radius 3 is 2.29 bits per heavy atom. The van der Waals surface area contributed by atoms with Crippen LogP contribution in [0.3, 0.4) is 0 Å². The fourth-order valence-corrected chi connectivity index (χ4v) is 4.93. The molecule has 0 spiro atoms. The van der Waals surface area contributed by atoms with Crippen LogP contribution in [0.5, 0.6) is 34.5 Å². The van der Waals surface area contributed by atoms with Gasteiger partial charge in [-0.15, -0.1) is 0 Å². The van der Waals surface area contributed by atoms with Crippen LogP contribution in [0.25, 0.3) is 0 Å². The predicted octanol–water partition coefficient (Wildman–Crippen LogP) is 3.02. The molecule has 0 amide bonds. The Hall–Kier alpha value is -3.13. The summed E-state index contributed by atoms with van der Waals surface area (Å²) < 4.78 is 33.6. The summed E-state index contributed by atoms with van der Waals surface area (Å²) in [5.74, 6) is 0.0574. The molecule has 2 aromatic carbocycles. The summed E-state index contributed by atoms with van der Waals surface area (Å²) in [5, 5.41) is 11.4. The molecule has 0 radical (unpaired) electrons. The Morgan fingerprint density at radius 2 is 1.65 bits per heavy atom. The first-order chi connectivity index (χ1) is 15.0. The van der Waals surface area contributed by atoms with Gasteiger partial charge in [-0.05, 0) is 30.2 Å². The van der Waals surface area contributed by atoms with Gasteiger partial charge in [0.05, 0.1) is 27.2 Å². The van der Waals surface area contributed by atoms with Crippen molar-refractivity contribution in [2.45, 2.75) is 31.0 Å². The van der Waals surface area contributed by atoms with E-state index in [0.717, 1.165) is 11.1 Å². The Morgan fingerprint density at radius 1 is 0.968 bits per heavy atom. The number of hydrogen-bond donors (Lipinski definition) is 1. The number of Topliss-reactive ketones (excluding diaryl/α,β-unsaturated/α-hetero) is 1. The highest BCUT2D eigenvalue weighted by atomic mass is 16.7. The van der Waals surface area contributed by atoms with Gasteiger partial charge in [0.15, 0.2) is 23.0 Å². The highest BCUT2D eigenvalue weighted by Crippen LogP contribution is 2.55. The molecular weight excluding hydrogens is 404 g/mol. The van der Waals surface area contributed by atoms with Crippen LogP contribution in [0.2, 0.25) is 0 Å². The number of benzene rings is 2. The molecule has 164 valence electrons. The van der Waals surface area contributed by atoms with E-state index in [2.05, 4.69) is 0 Å². The van der Waals surface area contributed by atoms with Crippen LogP contribution in [-0.2, 0) is 4.79 Å². The quantitative estimate of drug-likeness (QED) is 0.795. The molecule has 1 fully saturated rings. The zero-order chi connectivity index (χ0) is 21.8. The molecule has 2 aliphatic heterocycles. The SMILES string of the molecule is COc1cc([C@@H]2c3cc4c(cc3O[C@]3(O)CCCC(=O)[C@@H]23)OCO4)cc(OC)c1OC. The zero-order valence-electron chi connectivity index (χ0n) is 17.6. The first kappa shape index (κ1) is 19.8. The summed E-state index contributed by atoms with van der Waals surface area (Å²) in [7, 11) is 4.62. The van der Waals surface area contributed by atoms with Gasteiger partial charge in [0.2, 0.25) is 18.3 Å². The number of aliphatic hydroxyl groups is 1. The molecule has 1 N–H and O–H groups in total. The van der Waals surface area contributed by atoms with Crippen molar-refractivity contribution in [3.63, 3.8) is 0 Å². The van der Waals surface area contributed by atoms with Crippen LogP contribution in [0.1, 0.15) is 36.3 Å². The molecular formula is C23H24O8. The lowest BCUT2D eigenvalue weighted by Gasteiger charge is -2.47. The fraction of sp³-hybridized carbons (Fsp3) is 0.435. The van der Waals surface area contributed by atoms with Crippen LogP contribution >= 0.6 is 0 Å². The molecule has 3 aliphatic rings. The Labute approximate surface area is 179 Å². The summed E-state index contributed by atoms with van der Waals surface area (Å²) in [6.45, 7) is 0.111. The molecule has 0 saturated heterocycles. The summed E-state index contributed by atoms with van der Waals surface area (Å²) >= 11 is 0. The number of ether oxygens (including phenoxy) is 6. The van der Waals surface area contributed by atoms with Crippen molar-refractivity contribution in [1.82, 2.24) is 0 Å². The molecule has 5 rings (SSSR count). The zero-order valence-corrected chi connectivity index (χ0v) is 17.6. The fourth-order valence-electron chi connectivity index (χ4n) is 4.93. The van der Waals surface area contributed by atoms with E-state index in [-0.39, 0.29) is 12.6 Å². The lowest BCUT2D eigenvalue weighted by atomic mass is 9.67. The Balaban J connectivity index is 1.75. The first-order valence-electron chi connectivity index (χ1n) is 10.2. The summed E-state index contributed by atoms with van der Waals surface area (Å²) in [4.78, 5) is 13.1. The number of fused-ring (bicyclic) bond motifs is 3. The second-order valence-corrected chi connectivity index (χ2v) is 7.92. The average Bonchev–Trinajstić information content (AvgIpc) is 3.22. The van der Waals surface area contributed by atoms with Gasteiger partial charge in [-0.2, -0.15) is 0 Å². The maximum absolute atomic E-state index is 13.1. The van der Waals surface area contributed by atoms with E-state index in [1.807, 2.05) is 18.2 Å². The maximum atomic E-state index is 13.1. The highest BCUT2D eigenvalue weighted by Gasteiger charge is 2.55. The molecule has 0 bridgehead atoms. The molecule has 2 heterocycles. The number of ketones is 1. The average molecular weight is 428 g/mol. The van der Waals surface area contributed by atoms with Crippen LogP contribution in [-0.4, -0.2) is 44.8 Å². The highest BCUT2D eigenvalue weighted by molar-refractivity contribution is 5.85. The third-order valence-electron chi connectivity index (χ3n) is 6.30. The van der Waals surface area contributed by atoms with Crippen LogP contribution in [0.15, 0.2) is 24.3 Å². The lowest BCUT2D eigenvalue weighted by molar-refractivity contribution is -0.206. The van der Waals surface area contributed by atoms with Gasteiger partial charge < -0.3 is 33.5 Å². The minimum atomic E-state index is -1.61. The monoisotopic (exact) mass is 428 g/mol. The van der Waals surface area contributed by atoms with Crippen molar-refractivity contribution >= 4 is 5.78 Å². The normalized spacial score (nSPS) is 25.9. The van der Waals surface area contributed by atoms with Crippen molar-refractivity contribution in [2.75, 3.05) is 28.1 Å². The minimum Gasteiger partial charge on any atom is -0.493 e. The van der Waals surface area contributed by atoms with E-state index in [9.17, 15) is 9.90 Å². The van der Waals surface area contributed by atoms with Gasteiger partial charge >= 0.3 is 0 Å². The number of carbonyl (C=O) groups is 1. The van der Waals surface area contributed by atoms with Crippen LogP contribution in [0, 0.1) is 5.92 Å².